The monoisotopic (exact) mass is 381 g/mol. The lowest BCUT2D eigenvalue weighted by Gasteiger charge is -2.26. The van der Waals surface area contributed by atoms with Gasteiger partial charge >= 0.3 is 11.9 Å². The maximum absolute atomic E-state index is 13.2. The number of amides is 1. The molecule has 1 aliphatic rings. The molecule has 0 radical (unpaired) electrons. The summed E-state index contributed by atoms with van der Waals surface area (Å²) in [4.78, 5) is 39.4. The Bertz CT molecular complexity index is 837. The molecule has 0 spiro atoms. The normalized spacial score (nSPS) is 21.2. The Labute approximate surface area is 164 Å². The van der Waals surface area contributed by atoms with Crippen molar-refractivity contribution < 1.29 is 23.9 Å². The standard InChI is InChI=1S/C22H23NO5/c1-27-19(24)13-17-18(15-9-5-3-6-10-15)14-23(20(17)22(26)28-2)21(25)16-11-7-4-8-12-16/h3-12,17-18,20H,13-14H2,1-2H3/t17-,18+,20-/m0/s1. The van der Waals surface area contributed by atoms with Crippen molar-refractivity contribution in [1.29, 1.82) is 0 Å². The van der Waals surface area contributed by atoms with Gasteiger partial charge < -0.3 is 14.4 Å². The first-order valence-corrected chi connectivity index (χ1v) is 9.12. The van der Waals surface area contributed by atoms with Gasteiger partial charge in [0.05, 0.1) is 20.6 Å². The molecule has 6 heteroatoms. The van der Waals surface area contributed by atoms with Gasteiger partial charge in [-0.05, 0) is 17.7 Å². The molecule has 3 rings (SSSR count). The van der Waals surface area contributed by atoms with Crippen LogP contribution < -0.4 is 0 Å². The minimum absolute atomic E-state index is 0.0222. The lowest BCUT2D eigenvalue weighted by molar-refractivity contribution is -0.148. The van der Waals surface area contributed by atoms with E-state index in [0.717, 1.165) is 5.56 Å². The van der Waals surface area contributed by atoms with Crippen LogP contribution in [0.1, 0.15) is 28.3 Å². The molecule has 146 valence electrons. The quantitative estimate of drug-likeness (QED) is 0.745. The van der Waals surface area contributed by atoms with Gasteiger partial charge in [-0.25, -0.2) is 4.79 Å². The first-order chi connectivity index (χ1) is 13.6. The molecule has 0 unspecified atom stereocenters. The van der Waals surface area contributed by atoms with Crippen LogP contribution in [-0.2, 0) is 19.1 Å². The lowest BCUT2D eigenvalue weighted by Crippen LogP contribution is -2.44. The molecule has 1 amide bonds. The Balaban J connectivity index is 2.02. The van der Waals surface area contributed by atoms with E-state index in [1.165, 1.54) is 19.1 Å². The van der Waals surface area contributed by atoms with Crippen LogP contribution in [0, 0.1) is 5.92 Å². The SMILES string of the molecule is COC(=O)C[C@H]1[C@@H](c2ccccc2)CN(C(=O)c2ccccc2)[C@@H]1C(=O)OC. The van der Waals surface area contributed by atoms with E-state index in [0.29, 0.717) is 12.1 Å². The predicted molar refractivity (Wildman–Crippen MR) is 103 cm³/mol. The summed E-state index contributed by atoms with van der Waals surface area (Å²) in [5, 5.41) is 0. The zero-order valence-corrected chi connectivity index (χ0v) is 15.9. The summed E-state index contributed by atoms with van der Waals surface area (Å²) < 4.78 is 9.84. The Hall–Kier alpha value is -3.15. The predicted octanol–water partition coefficient (Wildman–Crippen LogP) is 2.65. The molecule has 1 saturated heterocycles. The van der Waals surface area contributed by atoms with E-state index in [9.17, 15) is 14.4 Å². The number of ether oxygens (including phenoxy) is 2. The van der Waals surface area contributed by atoms with Gasteiger partial charge in [-0.3, -0.25) is 9.59 Å². The zero-order valence-electron chi connectivity index (χ0n) is 15.9. The molecule has 2 aromatic rings. The molecule has 0 saturated carbocycles. The maximum Gasteiger partial charge on any atom is 0.328 e. The Morgan fingerprint density at radius 3 is 2.11 bits per heavy atom. The molecule has 1 aliphatic heterocycles. The molecule has 0 bridgehead atoms. The number of esters is 2. The van der Waals surface area contributed by atoms with Crippen molar-refractivity contribution in [1.82, 2.24) is 4.90 Å². The Kier molecular flexibility index (Phi) is 6.09. The van der Waals surface area contributed by atoms with Gasteiger partial charge in [0.2, 0.25) is 0 Å². The van der Waals surface area contributed by atoms with Crippen LogP contribution in [0.15, 0.2) is 60.7 Å². The average Bonchev–Trinajstić information content (AvgIpc) is 3.12. The smallest absolute Gasteiger partial charge is 0.328 e. The summed E-state index contributed by atoms with van der Waals surface area (Å²) >= 11 is 0. The number of carbonyl (C=O) groups is 3. The van der Waals surface area contributed by atoms with E-state index in [1.807, 2.05) is 36.4 Å². The number of nitrogens with zero attached hydrogens (tertiary/aromatic N) is 1. The highest BCUT2D eigenvalue weighted by molar-refractivity contribution is 5.97. The third-order valence-electron chi connectivity index (χ3n) is 5.23. The van der Waals surface area contributed by atoms with Gasteiger partial charge in [0.25, 0.3) is 5.91 Å². The highest BCUT2D eigenvalue weighted by Crippen LogP contribution is 2.40. The molecule has 0 aromatic heterocycles. The van der Waals surface area contributed by atoms with E-state index in [-0.39, 0.29) is 18.2 Å². The van der Waals surface area contributed by atoms with Crippen LogP contribution in [0.3, 0.4) is 0 Å². The van der Waals surface area contributed by atoms with Gasteiger partial charge in [0, 0.05) is 23.9 Å². The molecule has 1 fully saturated rings. The highest BCUT2D eigenvalue weighted by atomic mass is 16.5. The van der Waals surface area contributed by atoms with Crippen molar-refractivity contribution >= 4 is 17.8 Å². The number of rotatable bonds is 5. The Morgan fingerprint density at radius 1 is 0.929 bits per heavy atom. The van der Waals surface area contributed by atoms with E-state index in [4.69, 9.17) is 9.47 Å². The second kappa shape index (κ2) is 8.69. The van der Waals surface area contributed by atoms with E-state index in [1.54, 1.807) is 24.3 Å². The molecular weight excluding hydrogens is 358 g/mol. The number of hydrogen-bond donors (Lipinski definition) is 0. The largest absolute Gasteiger partial charge is 0.469 e. The summed E-state index contributed by atoms with van der Waals surface area (Å²) in [6, 6.07) is 17.5. The van der Waals surface area contributed by atoms with Gasteiger partial charge in [-0.15, -0.1) is 0 Å². The molecule has 3 atom stereocenters. The van der Waals surface area contributed by atoms with Gasteiger partial charge in [0.15, 0.2) is 0 Å². The van der Waals surface area contributed by atoms with Crippen molar-refractivity contribution in [2.45, 2.75) is 18.4 Å². The molecule has 0 N–H and O–H groups in total. The number of benzene rings is 2. The molecule has 6 nitrogen and oxygen atoms in total. The van der Waals surface area contributed by atoms with Crippen LogP contribution in [0.4, 0.5) is 0 Å². The first kappa shape index (κ1) is 19.6. The molecule has 1 heterocycles. The van der Waals surface area contributed by atoms with Gasteiger partial charge in [-0.1, -0.05) is 48.5 Å². The second-order valence-electron chi connectivity index (χ2n) is 6.75. The van der Waals surface area contributed by atoms with Crippen molar-refractivity contribution in [2.75, 3.05) is 20.8 Å². The minimum atomic E-state index is -0.859. The summed E-state index contributed by atoms with van der Waals surface area (Å²) in [6.45, 7) is 0.319. The topological polar surface area (TPSA) is 72.9 Å². The highest BCUT2D eigenvalue weighted by Gasteiger charge is 2.49. The fourth-order valence-corrected chi connectivity index (χ4v) is 3.87. The van der Waals surface area contributed by atoms with Crippen molar-refractivity contribution in [3.63, 3.8) is 0 Å². The van der Waals surface area contributed by atoms with Crippen LogP contribution in [0.5, 0.6) is 0 Å². The molecule has 0 aliphatic carbocycles. The number of likely N-dealkylation sites (tertiary alicyclic amines) is 1. The van der Waals surface area contributed by atoms with Crippen LogP contribution in [0.25, 0.3) is 0 Å². The third kappa shape index (κ3) is 3.91. The van der Waals surface area contributed by atoms with Gasteiger partial charge in [0.1, 0.15) is 6.04 Å². The third-order valence-corrected chi connectivity index (χ3v) is 5.23. The maximum atomic E-state index is 13.2. The van der Waals surface area contributed by atoms with E-state index < -0.39 is 23.9 Å². The number of hydrogen-bond acceptors (Lipinski definition) is 5. The van der Waals surface area contributed by atoms with E-state index >= 15 is 0 Å². The molecule has 2 aromatic carbocycles. The summed E-state index contributed by atoms with van der Waals surface area (Å²) in [6.07, 6.45) is 0.0222. The molecular formula is C22H23NO5. The zero-order chi connectivity index (χ0) is 20.1. The lowest BCUT2D eigenvalue weighted by atomic mass is 9.83. The summed E-state index contributed by atoms with van der Waals surface area (Å²) in [5.74, 6) is -1.83. The minimum Gasteiger partial charge on any atom is -0.469 e. The van der Waals surface area contributed by atoms with Crippen LogP contribution >= 0.6 is 0 Å². The van der Waals surface area contributed by atoms with Crippen LogP contribution in [-0.4, -0.2) is 49.6 Å². The first-order valence-electron chi connectivity index (χ1n) is 9.12. The fourth-order valence-electron chi connectivity index (χ4n) is 3.87. The number of carbonyl (C=O) groups excluding carboxylic acids is 3. The van der Waals surface area contributed by atoms with Gasteiger partial charge in [-0.2, -0.15) is 0 Å². The van der Waals surface area contributed by atoms with Crippen molar-refractivity contribution in [3.8, 4) is 0 Å². The molecule has 28 heavy (non-hydrogen) atoms. The summed E-state index contributed by atoms with van der Waals surface area (Å²) in [5.41, 5.74) is 1.45. The fraction of sp³-hybridized carbons (Fsp3) is 0.318. The second-order valence-corrected chi connectivity index (χ2v) is 6.75. The Morgan fingerprint density at radius 2 is 1.54 bits per heavy atom. The summed E-state index contributed by atoms with van der Waals surface area (Å²) in [7, 11) is 2.60. The van der Waals surface area contributed by atoms with Crippen LogP contribution in [0.2, 0.25) is 0 Å². The van der Waals surface area contributed by atoms with Crippen molar-refractivity contribution in [3.05, 3.63) is 71.8 Å². The van der Waals surface area contributed by atoms with Crippen molar-refractivity contribution in [2.24, 2.45) is 5.92 Å². The average molecular weight is 381 g/mol. The van der Waals surface area contributed by atoms with E-state index in [2.05, 4.69) is 0 Å². The number of methoxy groups -OCH3 is 2.